The predicted octanol–water partition coefficient (Wildman–Crippen LogP) is 4.77. The number of carboxylic acid groups (broad SMARTS) is 1. The summed E-state index contributed by atoms with van der Waals surface area (Å²) in [4.78, 5) is 31.6. The number of hydrogen-bond acceptors (Lipinski definition) is 6. The van der Waals surface area contributed by atoms with E-state index >= 15 is 0 Å². The van der Waals surface area contributed by atoms with Gasteiger partial charge in [-0.1, -0.05) is 44.5 Å². The molecule has 0 unspecified atom stereocenters. The first kappa shape index (κ1) is 22.1. The van der Waals surface area contributed by atoms with Crippen molar-refractivity contribution in [2.24, 2.45) is 0 Å². The second-order valence-electron chi connectivity index (χ2n) is 7.22. The van der Waals surface area contributed by atoms with Crippen LogP contribution in [0.15, 0.2) is 42.7 Å². The molecule has 0 aliphatic carbocycles. The number of Topliss-reactive ketones (excluding diaryl/α,β-unsaturated/α-hetero) is 1. The van der Waals surface area contributed by atoms with E-state index in [1.165, 1.54) is 6.20 Å². The number of hydrogen-bond donors (Lipinski definition) is 1. The Morgan fingerprint density at radius 3 is 2.55 bits per heavy atom. The molecule has 0 spiro atoms. The lowest BCUT2D eigenvalue weighted by atomic mass is 10.0. The van der Waals surface area contributed by atoms with Crippen LogP contribution in [0, 0.1) is 0 Å². The van der Waals surface area contributed by atoms with Crippen molar-refractivity contribution in [1.29, 1.82) is 0 Å². The molecule has 0 atom stereocenters. The summed E-state index contributed by atoms with van der Waals surface area (Å²) in [6.07, 6.45) is 5.57. The molecule has 0 saturated heterocycles. The summed E-state index contributed by atoms with van der Waals surface area (Å²) in [5.74, 6) is 1.26. The Morgan fingerprint density at radius 1 is 1.10 bits per heavy atom. The molecule has 8 nitrogen and oxygen atoms in total. The summed E-state index contributed by atoms with van der Waals surface area (Å²) in [7, 11) is 0. The lowest BCUT2D eigenvalue weighted by molar-refractivity contribution is 0.0971. The van der Waals surface area contributed by atoms with Gasteiger partial charge in [0.1, 0.15) is 5.82 Å². The van der Waals surface area contributed by atoms with Crippen LogP contribution in [0.25, 0.3) is 11.1 Å². The molecular formula is C23H26N4O4. The third kappa shape index (κ3) is 5.75. The van der Waals surface area contributed by atoms with Crippen LogP contribution in [0.2, 0.25) is 0 Å². The van der Waals surface area contributed by atoms with Gasteiger partial charge in [0.2, 0.25) is 11.6 Å². The summed E-state index contributed by atoms with van der Waals surface area (Å²) in [6.45, 7) is 4.58. The average molecular weight is 422 g/mol. The maximum Gasteiger partial charge on any atom is 0.511 e. The van der Waals surface area contributed by atoms with Gasteiger partial charge in [0.05, 0.1) is 12.7 Å². The molecule has 0 radical (unpaired) electrons. The SMILES string of the molecule is CCCCc1nc(C(=O)CCC)nn1Cc1ccc(-c2ccncc2OC(=O)O)cc1. The number of carbonyl (C=O) groups is 2. The zero-order chi connectivity index (χ0) is 22.2. The van der Waals surface area contributed by atoms with Crippen molar-refractivity contribution in [1.82, 2.24) is 19.7 Å². The Kier molecular flexibility index (Phi) is 7.48. The minimum absolute atomic E-state index is 0.0296. The number of benzene rings is 1. The van der Waals surface area contributed by atoms with Crippen LogP contribution >= 0.6 is 0 Å². The largest absolute Gasteiger partial charge is 0.511 e. The van der Waals surface area contributed by atoms with Gasteiger partial charge in [0.15, 0.2) is 5.75 Å². The monoisotopic (exact) mass is 422 g/mol. The first-order chi connectivity index (χ1) is 15.0. The third-order valence-corrected chi connectivity index (χ3v) is 4.81. The quantitative estimate of drug-likeness (QED) is 0.370. The molecule has 3 aromatic rings. The highest BCUT2D eigenvalue weighted by Crippen LogP contribution is 2.29. The zero-order valence-corrected chi connectivity index (χ0v) is 17.7. The summed E-state index contributed by atoms with van der Waals surface area (Å²) in [6, 6.07) is 9.38. The number of ketones is 1. The summed E-state index contributed by atoms with van der Waals surface area (Å²) in [5, 5.41) is 13.4. The van der Waals surface area contributed by atoms with E-state index < -0.39 is 6.16 Å². The molecule has 8 heteroatoms. The Labute approximate surface area is 180 Å². The van der Waals surface area contributed by atoms with Gasteiger partial charge in [-0.05, 0) is 30.0 Å². The molecule has 1 N–H and O–H groups in total. The maximum absolute atomic E-state index is 12.2. The number of aryl methyl sites for hydroxylation is 1. The van der Waals surface area contributed by atoms with Crippen molar-refractivity contribution < 1.29 is 19.4 Å². The van der Waals surface area contributed by atoms with Gasteiger partial charge in [-0.3, -0.25) is 9.78 Å². The molecule has 0 bridgehead atoms. The Morgan fingerprint density at radius 2 is 1.87 bits per heavy atom. The van der Waals surface area contributed by atoms with Crippen molar-refractivity contribution in [3.8, 4) is 16.9 Å². The van der Waals surface area contributed by atoms with Crippen molar-refractivity contribution >= 4 is 11.9 Å². The van der Waals surface area contributed by atoms with Crippen molar-refractivity contribution in [2.75, 3.05) is 0 Å². The van der Waals surface area contributed by atoms with Gasteiger partial charge in [-0.2, -0.15) is 0 Å². The highest BCUT2D eigenvalue weighted by atomic mass is 16.7. The highest BCUT2D eigenvalue weighted by molar-refractivity contribution is 5.92. The number of nitrogens with zero attached hydrogens (tertiary/aromatic N) is 4. The van der Waals surface area contributed by atoms with Crippen LogP contribution < -0.4 is 4.74 Å². The molecule has 2 aromatic heterocycles. The molecule has 0 fully saturated rings. The van der Waals surface area contributed by atoms with Crippen LogP contribution in [0.3, 0.4) is 0 Å². The van der Waals surface area contributed by atoms with E-state index in [1.54, 1.807) is 16.9 Å². The van der Waals surface area contributed by atoms with Gasteiger partial charge in [0.25, 0.3) is 0 Å². The topological polar surface area (TPSA) is 107 Å². The van der Waals surface area contributed by atoms with E-state index in [2.05, 4.69) is 22.0 Å². The normalized spacial score (nSPS) is 10.8. The van der Waals surface area contributed by atoms with Gasteiger partial charge in [0, 0.05) is 24.6 Å². The van der Waals surface area contributed by atoms with Crippen LogP contribution in [-0.2, 0) is 13.0 Å². The summed E-state index contributed by atoms with van der Waals surface area (Å²) in [5.41, 5.74) is 2.45. The number of ether oxygens (including phenoxy) is 1. The minimum Gasteiger partial charge on any atom is -0.449 e. The lowest BCUT2D eigenvalue weighted by Gasteiger charge is -2.09. The van der Waals surface area contributed by atoms with Crippen LogP contribution in [0.5, 0.6) is 5.75 Å². The van der Waals surface area contributed by atoms with E-state index in [0.717, 1.165) is 42.6 Å². The average Bonchev–Trinajstić information content (AvgIpc) is 3.16. The van der Waals surface area contributed by atoms with Crippen LogP contribution in [0.4, 0.5) is 4.79 Å². The Hall–Kier alpha value is -3.55. The predicted molar refractivity (Wildman–Crippen MR) is 115 cm³/mol. The first-order valence-corrected chi connectivity index (χ1v) is 10.4. The molecule has 3 rings (SSSR count). The van der Waals surface area contributed by atoms with Crippen molar-refractivity contribution in [3.63, 3.8) is 0 Å². The zero-order valence-electron chi connectivity index (χ0n) is 17.7. The second-order valence-corrected chi connectivity index (χ2v) is 7.22. The number of unbranched alkanes of at least 4 members (excludes halogenated alkanes) is 1. The molecule has 31 heavy (non-hydrogen) atoms. The molecule has 1 aromatic carbocycles. The number of rotatable bonds is 10. The van der Waals surface area contributed by atoms with Crippen LogP contribution in [-0.4, -0.2) is 36.8 Å². The fourth-order valence-electron chi connectivity index (χ4n) is 3.23. The van der Waals surface area contributed by atoms with Crippen LogP contribution in [0.1, 0.15) is 61.5 Å². The van der Waals surface area contributed by atoms with Crippen molar-refractivity contribution in [3.05, 3.63) is 59.9 Å². The molecule has 2 heterocycles. The summed E-state index contributed by atoms with van der Waals surface area (Å²) < 4.78 is 6.63. The molecule has 0 aliphatic heterocycles. The number of aromatic nitrogens is 4. The van der Waals surface area contributed by atoms with Gasteiger partial charge >= 0.3 is 6.16 Å². The van der Waals surface area contributed by atoms with E-state index in [9.17, 15) is 9.59 Å². The van der Waals surface area contributed by atoms with Gasteiger partial charge in [-0.25, -0.2) is 14.5 Å². The first-order valence-electron chi connectivity index (χ1n) is 10.4. The highest BCUT2D eigenvalue weighted by Gasteiger charge is 2.16. The summed E-state index contributed by atoms with van der Waals surface area (Å²) >= 11 is 0. The molecule has 0 amide bonds. The molecule has 0 saturated carbocycles. The fraction of sp³-hybridized carbons (Fsp3) is 0.348. The Bertz CT molecular complexity index is 1040. The maximum atomic E-state index is 12.2. The standard InChI is InChI=1S/C23H26N4O4/c1-3-5-7-21-25-22(19(28)6-4-2)26-27(21)15-16-8-10-17(11-9-16)18-12-13-24-14-20(18)31-23(29)30/h8-14H,3-7,15H2,1-2H3,(H,29,30). The molecule has 162 valence electrons. The van der Waals surface area contributed by atoms with E-state index in [4.69, 9.17) is 9.84 Å². The Balaban J connectivity index is 1.83. The lowest BCUT2D eigenvalue weighted by Crippen LogP contribution is -2.08. The van der Waals surface area contributed by atoms with Gasteiger partial charge < -0.3 is 9.84 Å². The number of pyridine rings is 1. The second kappa shape index (κ2) is 10.5. The minimum atomic E-state index is -1.38. The van der Waals surface area contributed by atoms with E-state index in [0.29, 0.717) is 18.5 Å². The number of carbonyl (C=O) groups excluding carboxylic acids is 1. The smallest absolute Gasteiger partial charge is 0.449 e. The fourth-order valence-corrected chi connectivity index (χ4v) is 3.23. The van der Waals surface area contributed by atoms with E-state index in [1.807, 2.05) is 31.2 Å². The van der Waals surface area contributed by atoms with Gasteiger partial charge in [-0.15, -0.1) is 5.10 Å². The van der Waals surface area contributed by atoms with E-state index in [-0.39, 0.29) is 17.4 Å². The third-order valence-electron chi connectivity index (χ3n) is 4.81. The van der Waals surface area contributed by atoms with Crippen molar-refractivity contribution in [2.45, 2.75) is 52.5 Å². The molecular weight excluding hydrogens is 396 g/mol. The molecule has 0 aliphatic rings.